The second-order valence-corrected chi connectivity index (χ2v) is 11.6. The Kier molecular flexibility index (Phi) is 6.58. The summed E-state index contributed by atoms with van der Waals surface area (Å²) in [4.78, 5) is 39.6. The molecular formula is C29H36N8O2. The fraction of sp³-hybridized carbons (Fsp3) is 0.483. The number of likely N-dealkylation sites (tertiary alicyclic amines) is 2. The van der Waals surface area contributed by atoms with Gasteiger partial charge in [0.1, 0.15) is 0 Å². The van der Waals surface area contributed by atoms with Crippen LogP contribution in [0.25, 0.3) is 11.4 Å². The first-order valence-electron chi connectivity index (χ1n) is 14.0. The molecular weight excluding hydrogens is 492 g/mol. The highest BCUT2D eigenvalue weighted by Gasteiger charge is 2.38. The molecule has 10 nitrogen and oxygen atoms in total. The Morgan fingerprint density at radius 1 is 1.05 bits per heavy atom. The first kappa shape index (κ1) is 25.5. The number of benzene rings is 1. The summed E-state index contributed by atoms with van der Waals surface area (Å²) in [5.41, 5.74) is 10.2. The summed E-state index contributed by atoms with van der Waals surface area (Å²) in [6.07, 6.45) is 8.40. The molecule has 0 radical (unpaired) electrons. The Labute approximate surface area is 228 Å². The summed E-state index contributed by atoms with van der Waals surface area (Å²) in [7, 11) is 0. The lowest BCUT2D eigenvalue weighted by Crippen LogP contribution is -2.48. The van der Waals surface area contributed by atoms with Gasteiger partial charge in [0.25, 0.3) is 11.8 Å². The van der Waals surface area contributed by atoms with Crippen molar-refractivity contribution in [3.8, 4) is 11.4 Å². The standard InChI is InChI=1S/C29H36N8O2/c1-29(2)16-19-17-31-28(30)33-23(19)24-22(29)25(35-34-24)26(38)32-20-8-6-18(7-9-20)27(39)37-14-10-21(11-15-37)36-12-4-3-5-13-36/h6-9,17,21H,3-5,10-16H2,1-2H3,(H,32,38)(H,34,35)(H2,30,31,33). The van der Waals surface area contributed by atoms with Gasteiger partial charge in [0.15, 0.2) is 5.69 Å². The molecule has 0 saturated carbocycles. The smallest absolute Gasteiger partial charge is 0.276 e. The molecule has 1 aliphatic carbocycles. The minimum Gasteiger partial charge on any atom is -0.368 e. The lowest BCUT2D eigenvalue weighted by atomic mass is 9.73. The van der Waals surface area contributed by atoms with Crippen LogP contribution in [0.2, 0.25) is 0 Å². The zero-order valence-electron chi connectivity index (χ0n) is 22.7. The Morgan fingerprint density at radius 2 is 1.77 bits per heavy atom. The van der Waals surface area contributed by atoms with E-state index in [2.05, 4.69) is 44.2 Å². The minimum atomic E-state index is -0.348. The maximum atomic E-state index is 13.3. The molecule has 1 aromatic carbocycles. The number of nitrogens with two attached hydrogens (primary N) is 1. The topological polar surface area (TPSA) is 133 Å². The van der Waals surface area contributed by atoms with E-state index in [1.165, 1.54) is 32.4 Å². The molecule has 4 N–H and O–H groups in total. The summed E-state index contributed by atoms with van der Waals surface area (Å²) in [5, 5.41) is 10.3. The number of nitrogens with one attached hydrogen (secondary N) is 2. The van der Waals surface area contributed by atoms with Crippen molar-refractivity contribution in [2.45, 2.75) is 63.8 Å². The van der Waals surface area contributed by atoms with Crippen LogP contribution in [0, 0.1) is 0 Å². The van der Waals surface area contributed by atoms with Crippen molar-refractivity contribution in [2.75, 3.05) is 37.2 Å². The van der Waals surface area contributed by atoms with E-state index in [-0.39, 0.29) is 23.2 Å². The van der Waals surface area contributed by atoms with Gasteiger partial charge in [-0.15, -0.1) is 0 Å². The number of rotatable bonds is 4. The van der Waals surface area contributed by atoms with Gasteiger partial charge in [-0.05, 0) is 80.4 Å². The van der Waals surface area contributed by atoms with Crippen molar-refractivity contribution >= 4 is 23.5 Å². The van der Waals surface area contributed by atoms with Crippen LogP contribution in [0.1, 0.15) is 77.9 Å². The van der Waals surface area contributed by atoms with Crippen LogP contribution >= 0.6 is 0 Å². The third-order valence-corrected chi connectivity index (χ3v) is 8.46. The van der Waals surface area contributed by atoms with E-state index in [4.69, 9.17) is 5.73 Å². The number of aromatic amines is 1. The number of aromatic nitrogens is 4. The number of carbonyl (C=O) groups excluding carboxylic acids is 2. The van der Waals surface area contributed by atoms with Gasteiger partial charge in [-0.1, -0.05) is 20.3 Å². The number of anilines is 2. The quantitative estimate of drug-likeness (QED) is 0.471. The molecule has 39 heavy (non-hydrogen) atoms. The van der Waals surface area contributed by atoms with Gasteiger partial charge in [0, 0.05) is 42.1 Å². The Bertz CT molecular complexity index is 1380. The molecule has 3 aromatic rings. The van der Waals surface area contributed by atoms with Gasteiger partial charge >= 0.3 is 0 Å². The van der Waals surface area contributed by atoms with Crippen LogP contribution in [0.15, 0.2) is 30.5 Å². The van der Waals surface area contributed by atoms with Gasteiger partial charge in [0.2, 0.25) is 5.95 Å². The van der Waals surface area contributed by atoms with Crippen molar-refractivity contribution in [3.63, 3.8) is 0 Å². The molecule has 6 rings (SSSR count). The Morgan fingerprint density at radius 3 is 2.49 bits per heavy atom. The lowest BCUT2D eigenvalue weighted by molar-refractivity contribution is 0.0590. The van der Waals surface area contributed by atoms with Crippen LogP contribution in [-0.4, -0.2) is 74.0 Å². The average Bonchev–Trinajstić information content (AvgIpc) is 3.41. The zero-order chi connectivity index (χ0) is 27.1. The van der Waals surface area contributed by atoms with E-state index < -0.39 is 0 Å². The van der Waals surface area contributed by atoms with Crippen molar-refractivity contribution < 1.29 is 9.59 Å². The highest BCUT2D eigenvalue weighted by atomic mass is 16.2. The minimum absolute atomic E-state index is 0.0491. The molecule has 2 amide bonds. The second-order valence-electron chi connectivity index (χ2n) is 11.6. The maximum Gasteiger partial charge on any atom is 0.276 e. The van der Waals surface area contributed by atoms with Gasteiger partial charge in [-0.3, -0.25) is 14.7 Å². The van der Waals surface area contributed by atoms with Crippen LogP contribution in [0.4, 0.5) is 11.6 Å². The van der Waals surface area contributed by atoms with E-state index in [0.29, 0.717) is 40.8 Å². The zero-order valence-corrected chi connectivity index (χ0v) is 22.7. The average molecular weight is 529 g/mol. The number of hydrogen-bond acceptors (Lipinski definition) is 7. The molecule has 0 atom stereocenters. The molecule has 2 saturated heterocycles. The third kappa shape index (κ3) is 4.89. The normalized spacial score (nSPS) is 19.3. The van der Waals surface area contributed by atoms with Gasteiger partial charge in [-0.25, -0.2) is 9.97 Å². The van der Waals surface area contributed by atoms with Crippen LogP contribution in [0.5, 0.6) is 0 Å². The van der Waals surface area contributed by atoms with Crippen LogP contribution in [0.3, 0.4) is 0 Å². The number of fused-ring (bicyclic) bond motifs is 3. The number of nitrogen functional groups attached to an aromatic ring is 1. The molecule has 0 bridgehead atoms. The predicted octanol–water partition coefficient (Wildman–Crippen LogP) is 3.63. The van der Waals surface area contributed by atoms with Crippen LogP contribution < -0.4 is 11.1 Å². The molecule has 2 fully saturated rings. The summed E-state index contributed by atoms with van der Waals surface area (Å²) in [6.45, 7) is 8.12. The fourth-order valence-corrected chi connectivity index (χ4v) is 6.45. The number of carbonyl (C=O) groups is 2. The first-order chi connectivity index (χ1) is 18.8. The maximum absolute atomic E-state index is 13.3. The van der Waals surface area contributed by atoms with Crippen molar-refractivity contribution in [3.05, 3.63) is 52.8 Å². The van der Waals surface area contributed by atoms with Gasteiger partial charge in [-0.2, -0.15) is 5.10 Å². The molecule has 2 aliphatic heterocycles. The van der Waals surface area contributed by atoms with Crippen molar-refractivity contribution in [1.29, 1.82) is 0 Å². The Hall–Kier alpha value is -3.79. The molecule has 2 aromatic heterocycles. The van der Waals surface area contributed by atoms with Gasteiger partial charge < -0.3 is 20.9 Å². The Balaban J connectivity index is 1.12. The number of hydrogen-bond donors (Lipinski definition) is 3. The summed E-state index contributed by atoms with van der Waals surface area (Å²) in [6, 6.07) is 7.73. The van der Waals surface area contributed by atoms with Crippen LogP contribution in [-0.2, 0) is 11.8 Å². The summed E-state index contributed by atoms with van der Waals surface area (Å²) >= 11 is 0. The van der Waals surface area contributed by atoms with E-state index in [9.17, 15) is 9.59 Å². The van der Waals surface area contributed by atoms with E-state index in [1.807, 2.05) is 4.90 Å². The van der Waals surface area contributed by atoms with Gasteiger partial charge in [0.05, 0.1) is 11.4 Å². The number of amides is 2. The first-order valence-corrected chi connectivity index (χ1v) is 14.0. The number of H-pyrrole nitrogens is 1. The van der Waals surface area contributed by atoms with E-state index in [0.717, 1.165) is 37.1 Å². The highest BCUT2D eigenvalue weighted by Crippen LogP contribution is 2.42. The molecule has 0 unspecified atom stereocenters. The molecule has 4 heterocycles. The SMILES string of the molecule is CC1(C)Cc2cnc(N)nc2-c2[nH]nc(C(=O)Nc3ccc(C(=O)N4CCC(N5CCCCC5)CC4)cc3)c21. The van der Waals surface area contributed by atoms with E-state index in [1.54, 1.807) is 30.5 Å². The fourth-order valence-electron chi connectivity index (χ4n) is 6.45. The molecule has 204 valence electrons. The molecule has 0 spiro atoms. The largest absolute Gasteiger partial charge is 0.368 e. The summed E-state index contributed by atoms with van der Waals surface area (Å²) < 4.78 is 0. The number of nitrogens with zero attached hydrogens (tertiary/aromatic N) is 5. The third-order valence-electron chi connectivity index (χ3n) is 8.46. The molecule has 3 aliphatic rings. The van der Waals surface area contributed by atoms with E-state index >= 15 is 0 Å². The predicted molar refractivity (Wildman–Crippen MR) is 150 cm³/mol. The number of piperidine rings is 2. The lowest BCUT2D eigenvalue weighted by Gasteiger charge is -2.40. The van der Waals surface area contributed by atoms with Crippen molar-refractivity contribution in [1.82, 2.24) is 30.0 Å². The summed E-state index contributed by atoms with van der Waals surface area (Å²) in [5.74, 6) is -0.0843. The van der Waals surface area contributed by atoms with Crippen molar-refractivity contribution in [2.24, 2.45) is 0 Å². The highest BCUT2D eigenvalue weighted by molar-refractivity contribution is 6.05. The molecule has 10 heteroatoms. The monoisotopic (exact) mass is 528 g/mol. The second kappa shape index (κ2) is 10.1.